The molecule has 1 aromatic rings. The number of phenols is 1. The number of carbonyl (C=O) groups excluding carboxylic acids is 1. The Balaban J connectivity index is 0.00000361. The van der Waals surface area contributed by atoms with Crippen molar-refractivity contribution in [3.8, 4) is 5.75 Å². The molecule has 0 bridgehead atoms. The number of hydrogen-bond donors (Lipinski definition) is 2. The molecule has 1 aromatic carbocycles. The molecule has 0 saturated heterocycles. The monoisotopic (exact) mass is 331 g/mol. The number of phenolic OH excluding ortho intramolecular Hbond substituents is 1. The van der Waals surface area contributed by atoms with Gasteiger partial charge in [0.15, 0.2) is 0 Å². The fourth-order valence-electron chi connectivity index (χ4n) is 1.40. The van der Waals surface area contributed by atoms with Gasteiger partial charge in [0.05, 0.1) is 13.5 Å². The second-order valence-corrected chi connectivity index (χ2v) is 4.79. The summed E-state index contributed by atoms with van der Waals surface area (Å²) in [5, 5.41) is 9.57. The Morgan fingerprint density at radius 1 is 1.50 bits per heavy atom. The third-order valence-electron chi connectivity index (χ3n) is 2.25. The van der Waals surface area contributed by atoms with Crippen molar-refractivity contribution >= 4 is 30.1 Å². The number of benzene rings is 1. The molecule has 0 radical (unpaired) electrons. The number of aromatic hydroxyl groups is 1. The second-order valence-electron chi connectivity index (χ2n) is 3.66. The zero-order valence-electron chi connectivity index (χ0n) is 10.3. The molecule has 9 heteroatoms. The summed E-state index contributed by atoms with van der Waals surface area (Å²) >= 11 is -0.317. The Labute approximate surface area is 123 Å². The van der Waals surface area contributed by atoms with E-state index in [1.54, 1.807) is 0 Å². The molecule has 0 aliphatic heterocycles. The van der Waals surface area contributed by atoms with Crippen molar-refractivity contribution in [3.05, 3.63) is 23.8 Å². The quantitative estimate of drug-likeness (QED) is 0.655. The van der Waals surface area contributed by atoms with Gasteiger partial charge in [-0.05, 0) is 30.0 Å². The minimum atomic E-state index is -4.43. The first-order valence-corrected chi connectivity index (χ1v) is 5.95. The fourth-order valence-corrected chi connectivity index (χ4v) is 1.99. The number of alkyl halides is 3. The molecule has 0 heterocycles. The Hall–Kier alpha value is -1.12. The molecular weight excluding hydrogens is 319 g/mol. The first-order chi connectivity index (χ1) is 8.73. The van der Waals surface area contributed by atoms with Gasteiger partial charge >= 0.3 is 11.5 Å². The molecule has 20 heavy (non-hydrogen) atoms. The van der Waals surface area contributed by atoms with Crippen LogP contribution >= 0.6 is 24.2 Å². The van der Waals surface area contributed by atoms with Gasteiger partial charge in [0.2, 0.25) is 0 Å². The molecule has 0 fully saturated rings. The predicted octanol–water partition coefficient (Wildman–Crippen LogP) is 2.99. The summed E-state index contributed by atoms with van der Waals surface area (Å²) in [6.45, 7) is 0. The van der Waals surface area contributed by atoms with E-state index in [-0.39, 0.29) is 46.8 Å². The third-order valence-corrected chi connectivity index (χ3v) is 2.97. The summed E-state index contributed by atoms with van der Waals surface area (Å²) in [4.78, 5) is 10.9. The summed E-state index contributed by atoms with van der Waals surface area (Å²) in [5.74, 6) is -0.872. The maximum absolute atomic E-state index is 12.2. The molecule has 1 atom stereocenters. The van der Waals surface area contributed by atoms with Crippen LogP contribution in [0.25, 0.3) is 0 Å². The van der Waals surface area contributed by atoms with Gasteiger partial charge in [-0.1, -0.05) is 0 Å². The highest BCUT2D eigenvalue weighted by atomic mass is 35.5. The van der Waals surface area contributed by atoms with Gasteiger partial charge in [0.1, 0.15) is 5.75 Å². The second kappa shape index (κ2) is 7.61. The molecule has 0 aliphatic carbocycles. The molecule has 4 nitrogen and oxygen atoms in total. The number of thioether (sulfide) groups is 1. The van der Waals surface area contributed by atoms with E-state index in [0.717, 1.165) is 18.2 Å². The van der Waals surface area contributed by atoms with Crippen molar-refractivity contribution in [1.82, 2.24) is 0 Å². The van der Waals surface area contributed by atoms with Gasteiger partial charge in [-0.15, -0.1) is 12.4 Å². The summed E-state index contributed by atoms with van der Waals surface area (Å²) in [6, 6.07) is 2.42. The molecule has 114 valence electrons. The summed E-state index contributed by atoms with van der Waals surface area (Å²) in [7, 11) is 1.17. The lowest BCUT2D eigenvalue weighted by molar-refractivity contribution is -0.141. The van der Waals surface area contributed by atoms with Crippen molar-refractivity contribution < 1.29 is 27.8 Å². The van der Waals surface area contributed by atoms with E-state index >= 15 is 0 Å². The van der Waals surface area contributed by atoms with Crippen molar-refractivity contribution in [2.24, 2.45) is 5.73 Å². The topological polar surface area (TPSA) is 72.5 Å². The lowest BCUT2D eigenvalue weighted by atomic mass is 10.0. The third kappa shape index (κ3) is 5.89. The van der Waals surface area contributed by atoms with Gasteiger partial charge in [-0.2, -0.15) is 13.2 Å². The average molecular weight is 332 g/mol. The Bertz CT molecular complexity index is 471. The van der Waals surface area contributed by atoms with Crippen LogP contribution in [0.15, 0.2) is 23.1 Å². The van der Waals surface area contributed by atoms with Gasteiger partial charge in [-0.3, -0.25) is 4.79 Å². The van der Waals surface area contributed by atoms with E-state index in [9.17, 15) is 23.1 Å². The van der Waals surface area contributed by atoms with E-state index in [0.29, 0.717) is 0 Å². The fraction of sp³-hybridized carbons (Fsp3) is 0.364. The lowest BCUT2D eigenvalue weighted by Crippen LogP contribution is -2.16. The van der Waals surface area contributed by atoms with Crippen LogP contribution in [0.2, 0.25) is 0 Å². The maximum Gasteiger partial charge on any atom is 0.446 e. The minimum absolute atomic E-state index is 0. The number of esters is 1. The van der Waals surface area contributed by atoms with Crippen LogP contribution in [-0.4, -0.2) is 23.7 Å². The molecule has 0 aromatic heterocycles. The van der Waals surface area contributed by atoms with E-state index < -0.39 is 17.5 Å². The number of carbonyl (C=O) groups is 1. The van der Waals surface area contributed by atoms with Crippen LogP contribution in [0, 0.1) is 0 Å². The molecule has 1 rings (SSSR count). The number of ether oxygens (including phenoxy) is 1. The van der Waals surface area contributed by atoms with Gasteiger partial charge < -0.3 is 15.6 Å². The number of nitrogens with two attached hydrogens (primary N) is 1. The van der Waals surface area contributed by atoms with Crippen molar-refractivity contribution in [2.45, 2.75) is 22.9 Å². The Morgan fingerprint density at radius 2 is 2.10 bits per heavy atom. The zero-order chi connectivity index (χ0) is 14.6. The van der Waals surface area contributed by atoms with Crippen LogP contribution in [0.5, 0.6) is 5.75 Å². The molecule has 0 amide bonds. The molecule has 3 N–H and O–H groups in total. The normalized spacial score (nSPS) is 12.4. The van der Waals surface area contributed by atoms with Crippen molar-refractivity contribution in [1.29, 1.82) is 0 Å². The number of methoxy groups -OCH3 is 1. The maximum atomic E-state index is 12.2. The number of rotatable bonds is 4. The first kappa shape index (κ1) is 18.9. The molecule has 0 spiro atoms. The molecule has 0 unspecified atom stereocenters. The van der Waals surface area contributed by atoms with E-state index in [1.807, 2.05) is 0 Å². The summed E-state index contributed by atoms with van der Waals surface area (Å²) in [5.41, 5.74) is 1.29. The highest BCUT2D eigenvalue weighted by molar-refractivity contribution is 8.00. The van der Waals surface area contributed by atoms with Crippen LogP contribution in [0.1, 0.15) is 18.0 Å². The Morgan fingerprint density at radius 3 is 2.60 bits per heavy atom. The summed E-state index contributed by atoms with van der Waals surface area (Å²) < 4.78 is 41.1. The average Bonchev–Trinajstić information content (AvgIpc) is 2.29. The largest absolute Gasteiger partial charge is 0.508 e. The van der Waals surface area contributed by atoms with E-state index in [4.69, 9.17) is 5.73 Å². The molecule has 0 aliphatic rings. The van der Waals surface area contributed by atoms with Crippen molar-refractivity contribution in [2.75, 3.05) is 7.11 Å². The van der Waals surface area contributed by atoms with Crippen LogP contribution < -0.4 is 5.73 Å². The van der Waals surface area contributed by atoms with E-state index in [1.165, 1.54) is 7.11 Å². The van der Waals surface area contributed by atoms with Crippen molar-refractivity contribution in [3.63, 3.8) is 0 Å². The van der Waals surface area contributed by atoms with Crippen LogP contribution in [0.4, 0.5) is 13.2 Å². The zero-order valence-corrected chi connectivity index (χ0v) is 11.9. The van der Waals surface area contributed by atoms with Gasteiger partial charge in [0, 0.05) is 16.5 Å². The minimum Gasteiger partial charge on any atom is -0.508 e. The first-order valence-electron chi connectivity index (χ1n) is 5.14. The van der Waals surface area contributed by atoms with Crippen LogP contribution in [0.3, 0.4) is 0 Å². The molecule has 0 saturated carbocycles. The summed E-state index contributed by atoms with van der Waals surface area (Å²) in [6.07, 6.45) is -0.232. The highest BCUT2D eigenvalue weighted by Crippen LogP contribution is 2.39. The van der Waals surface area contributed by atoms with Gasteiger partial charge in [-0.25, -0.2) is 0 Å². The SMILES string of the molecule is COC(=O)C[C@@H](N)c1cc(SC(F)(F)F)ccc1O.Cl. The smallest absolute Gasteiger partial charge is 0.446 e. The van der Waals surface area contributed by atoms with E-state index in [2.05, 4.69) is 4.74 Å². The highest BCUT2D eigenvalue weighted by Gasteiger charge is 2.29. The van der Waals surface area contributed by atoms with Crippen LogP contribution in [-0.2, 0) is 9.53 Å². The lowest BCUT2D eigenvalue weighted by Gasteiger charge is -2.14. The Kier molecular flexibility index (Phi) is 7.18. The number of hydrogen-bond acceptors (Lipinski definition) is 5. The van der Waals surface area contributed by atoms with Gasteiger partial charge in [0.25, 0.3) is 0 Å². The standard InChI is InChI=1S/C11H12F3NO3S.ClH/c1-18-10(17)5-8(15)7-4-6(2-3-9(7)16)19-11(12,13)14;/h2-4,8,16H,5,15H2,1H3;1H/t8-;/m1./s1. The molecular formula is C11H13ClF3NO3S. The number of halogens is 4. The predicted molar refractivity (Wildman–Crippen MR) is 70.8 cm³/mol.